The number of carbonyl (C=O) groups excluding carboxylic acids is 1. The number of methoxy groups -OCH3 is 1. The molecule has 1 unspecified atom stereocenters. The van der Waals surface area contributed by atoms with Crippen LogP contribution in [0.1, 0.15) is 30.1 Å². The molecule has 24 heavy (non-hydrogen) atoms. The van der Waals surface area contributed by atoms with Gasteiger partial charge in [0.25, 0.3) is 5.69 Å². The molecule has 8 heteroatoms. The monoisotopic (exact) mass is 335 g/mol. The van der Waals surface area contributed by atoms with Crippen molar-refractivity contribution >= 4 is 17.9 Å². The summed E-state index contributed by atoms with van der Waals surface area (Å²) in [4.78, 5) is 22.1. The van der Waals surface area contributed by atoms with E-state index in [9.17, 15) is 14.9 Å². The van der Waals surface area contributed by atoms with Gasteiger partial charge in [0.05, 0.1) is 29.4 Å². The van der Waals surface area contributed by atoms with Gasteiger partial charge in [0, 0.05) is 25.8 Å². The molecule has 1 fully saturated rings. The molecule has 1 heterocycles. The van der Waals surface area contributed by atoms with Crippen molar-refractivity contribution in [2.45, 2.75) is 31.9 Å². The molecular formula is C16H21N3O5. The molecule has 1 saturated heterocycles. The highest BCUT2D eigenvalue weighted by Gasteiger charge is 2.23. The minimum absolute atomic E-state index is 0.0700. The Bertz CT molecular complexity index is 602. The first kappa shape index (κ1) is 17.9. The molecule has 1 aromatic rings. The number of rotatable bonds is 7. The quantitative estimate of drug-likeness (QED) is 0.328. The van der Waals surface area contributed by atoms with Crippen molar-refractivity contribution in [1.29, 1.82) is 0 Å². The molecule has 0 aliphatic carbocycles. The lowest BCUT2D eigenvalue weighted by Gasteiger charge is -2.21. The second-order valence-electron chi connectivity index (χ2n) is 5.59. The number of non-ortho nitro benzene ring substituents is 1. The maximum Gasteiger partial charge on any atom is 0.338 e. The molecular weight excluding hydrogens is 314 g/mol. The van der Waals surface area contributed by atoms with Crippen LogP contribution in [0.15, 0.2) is 29.4 Å². The Kier molecular flexibility index (Phi) is 6.25. The Balaban J connectivity index is 1.89. The van der Waals surface area contributed by atoms with Crippen molar-refractivity contribution in [1.82, 2.24) is 5.01 Å². The van der Waals surface area contributed by atoms with E-state index in [2.05, 4.69) is 5.10 Å². The predicted molar refractivity (Wildman–Crippen MR) is 88.1 cm³/mol. The summed E-state index contributed by atoms with van der Waals surface area (Å²) in [6.45, 7) is 3.19. The van der Waals surface area contributed by atoms with Crippen LogP contribution in [0.25, 0.3) is 0 Å². The number of esters is 1. The Labute approximate surface area is 140 Å². The lowest BCUT2D eigenvalue weighted by atomic mass is 10.2. The molecule has 0 spiro atoms. The van der Waals surface area contributed by atoms with Crippen molar-refractivity contribution < 1.29 is 19.2 Å². The third-order valence-corrected chi connectivity index (χ3v) is 3.74. The normalized spacial score (nSPS) is 18.8. The van der Waals surface area contributed by atoms with Gasteiger partial charge in [-0.1, -0.05) is 0 Å². The Morgan fingerprint density at radius 2 is 2.21 bits per heavy atom. The van der Waals surface area contributed by atoms with Gasteiger partial charge in [-0.05, 0) is 31.9 Å². The average molecular weight is 335 g/mol. The summed E-state index contributed by atoms with van der Waals surface area (Å²) in [7, 11) is 1.66. The largest absolute Gasteiger partial charge is 0.453 e. The van der Waals surface area contributed by atoms with Gasteiger partial charge in [0.15, 0.2) is 0 Å². The van der Waals surface area contributed by atoms with Gasteiger partial charge < -0.3 is 9.47 Å². The van der Waals surface area contributed by atoms with E-state index in [1.165, 1.54) is 24.3 Å². The molecule has 0 radical (unpaired) electrons. The van der Waals surface area contributed by atoms with Crippen LogP contribution in [0, 0.1) is 10.1 Å². The van der Waals surface area contributed by atoms with E-state index in [-0.39, 0.29) is 17.3 Å². The highest BCUT2D eigenvalue weighted by Crippen LogP contribution is 2.17. The van der Waals surface area contributed by atoms with Gasteiger partial charge in [0.2, 0.25) is 0 Å². The van der Waals surface area contributed by atoms with Crippen LogP contribution in [-0.4, -0.2) is 54.5 Å². The number of nitrogens with zero attached hydrogens (tertiary/aromatic N) is 3. The predicted octanol–water partition coefficient (Wildman–Crippen LogP) is 2.24. The number of nitro groups is 1. The summed E-state index contributed by atoms with van der Waals surface area (Å²) in [6.07, 6.45) is 3.17. The zero-order chi connectivity index (χ0) is 17.5. The molecule has 2 atom stereocenters. The van der Waals surface area contributed by atoms with E-state index >= 15 is 0 Å². The molecule has 0 N–H and O–H groups in total. The number of nitro benzene ring substituents is 1. The fraction of sp³-hybridized carbons (Fsp3) is 0.500. The third-order valence-electron chi connectivity index (χ3n) is 3.74. The maximum absolute atomic E-state index is 12.0. The van der Waals surface area contributed by atoms with Crippen molar-refractivity contribution in [3.05, 3.63) is 39.9 Å². The molecule has 1 aromatic carbocycles. The first-order valence-electron chi connectivity index (χ1n) is 7.76. The SMILES string of the molecule is COC[C@@H]1CCCN1/N=C/C(C)OC(=O)c1ccc([N+](=O)[O-])cc1. The van der Waals surface area contributed by atoms with Crippen LogP contribution in [-0.2, 0) is 9.47 Å². The fourth-order valence-corrected chi connectivity index (χ4v) is 2.50. The summed E-state index contributed by atoms with van der Waals surface area (Å²) < 4.78 is 10.4. The smallest absolute Gasteiger partial charge is 0.338 e. The zero-order valence-electron chi connectivity index (χ0n) is 13.8. The third kappa shape index (κ3) is 4.76. The highest BCUT2D eigenvalue weighted by atomic mass is 16.6. The minimum atomic E-state index is -0.543. The van der Waals surface area contributed by atoms with Crippen molar-refractivity contribution in [3.63, 3.8) is 0 Å². The van der Waals surface area contributed by atoms with Gasteiger partial charge in [0.1, 0.15) is 6.10 Å². The number of hydrazone groups is 1. The Hall–Kier alpha value is -2.48. The van der Waals surface area contributed by atoms with E-state index < -0.39 is 17.0 Å². The molecule has 1 aliphatic heterocycles. The molecule has 0 saturated carbocycles. The molecule has 1 aliphatic rings. The van der Waals surface area contributed by atoms with Crippen LogP contribution < -0.4 is 0 Å². The van der Waals surface area contributed by atoms with Crippen LogP contribution in [0.3, 0.4) is 0 Å². The first-order valence-corrected chi connectivity index (χ1v) is 7.76. The standard InChI is InChI=1S/C16H21N3O5/c1-12(10-17-18-9-3-4-15(18)11-23-2)24-16(20)13-5-7-14(8-6-13)19(21)22/h5-8,10,12,15H,3-4,9,11H2,1-2H3/b17-10+/t12?,15-/m0/s1. The van der Waals surface area contributed by atoms with E-state index in [0.29, 0.717) is 6.61 Å². The second kappa shape index (κ2) is 8.39. The van der Waals surface area contributed by atoms with Crippen LogP contribution in [0.2, 0.25) is 0 Å². The van der Waals surface area contributed by atoms with Gasteiger partial charge in [-0.2, -0.15) is 5.10 Å². The summed E-state index contributed by atoms with van der Waals surface area (Å²) in [6, 6.07) is 5.55. The Morgan fingerprint density at radius 3 is 2.83 bits per heavy atom. The molecule has 8 nitrogen and oxygen atoms in total. The number of carbonyl (C=O) groups is 1. The van der Waals surface area contributed by atoms with Crippen LogP contribution in [0.5, 0.6) is 0 Å². The summed E-state index contributed by atoms with van der Waals surface area (Å²) >= 11 is 0. The maximum atomic E-state index is 12.0. The summed E-state index contributed by atoms with van der Waals surface area (Å²) in [5.74, 6) is -0.543. The average Bonchev–Trinajstić information content (AvgIpc) is 3.00. The van der Waals surface area contributed by atoms with Gasteiger partial charge >= 0.3 is 5.97 Å². The fourth-order valence-electron chi connectivity index (χ4n) is 2.50. The lowest BCUT2D eigenvalue weighted by Crippen LogP contribution is -2.29. The van der Waals surface area contributed by atoms with E-state index in [0.717, 1.165) is 19.4 Å². The number of benzene rings is 1. The molecule has 0 bridgehead atoms. The zero-order valence-corrected chi connectivity index (χ0v) is 13.8. The lowest BCUT2D eigenvalue weighted by molar-refractivity contribution is -0.384. The molecule has 0 aromatic heterocycles. The topological polar surface area (TPSA) is 94.3 Å². The van der Waals surface area contributed by atoms with Gasteiger partial charge in [-0.25, -0.2) is 4.79 Å². The molecule has 130 valence electrons. The van der Waals surface area contributed by atoms with Crippen LogP contribution >= 0.6 is 0 Å². The Morgan fingerprint density at radius 1 is 1.50 bits per heavy atom. The van der Waals surface area contributed by atoms with Gasteiger partial charge in [-0.3, -0.25) is 15.1 Å². The van der Waals surface area contributed by atoms with Crippen LogP contribution in [0.4, 0.5) is 5.69 Å². The van der Waals surface area contributed by atoms with E-state index in [1.807, 2.05) is 5.01 Å². The number of hydrogen-bond donors (Lipinski definition) is 0. The van der Waals surface area contributed by atoms with Gasteiger partial charge in [-0.15, -0.1) is 0 Å². The van der Waals surface area contributed by atoms with E-state index in [1.54, 1.807) is 20.2 Å². The summed E-state index contributed by atoms with van der Waals surface area (Å²) in [5.41, 5.74) is 0.193. The van der Waals surface area contributed by atoms with Crippen molar-refractivity contribution in [3.8, 4) is 0 Å². The summed E-state index contributed by atoms with van der Waals surface area (Å²) in [5, 5.41) is 16.9. The van der Waals surface area contributed by atoms with E-state index in [4.69, 9.17) is 9.47 Å². The number of ether oxygens (including phenoxy) is 2. The second-order valence-corrected chi connectivity index (χ2v) is 5.59. The molecule has 2 rings (SSSR count). The van der Waals surface area contributed by atoms with Crippen molar-refractivity contribution in [2.75, 3.05) is 20.3 Å². The minimum Gasteiger partial charge on any atom is -0.453 e. The molecule has 0 amide bonds. The number of hydrogen-bond acceptors (Lipinski definition) is 7. The first-order chi connectivity index (χ1) is 11.5. The van der Waals surface area contributed by atoms with Crippen molar-refractivity contribution in [2.24, 2.45) is 5.10 Å². The highest BCUT2D eigenvalue weighted by molar-refractivity contribution is 5.90.